The van der Waals surface area contributed by atoms with E-state index in [-0.39, 0.29) is 12.5 Å². The topological polar surface area (TPSA) is 54.5 Å². The average molecular weight is 446 g/mol. The van der Waals surface area contributed by atoms with Crippen molar-refractivity contribution in [2.24, 2.45) is 0 Å². The molecule has 0 saturated heterocycles. The van der Waals surface area contributed by atoms with E-state index < -0.39 is 0 Å². The monoisotopic (exact) mass is 445 g/mol. The molecule has 0 fully saturated rings. The lowest BCUT2D eigenvalue weighted by molar-refractivity contribution is -0.119. The number of para-hydroxylation sites is 1. The fraction of sp³-hybridized carbons (Fsp3) is 0.231. The summed E-state index contributed by atoms with van der Waals surface area (Å²) in [5.41, 5.74) is 5.40. The van der Waals surface area contributed by atoms with Gasteiger partial charge in [0.25, 0.3) is 0 Å². The summed E-state index contributed by atoms with van der Waals surface area (Å²) < 4.78 is 6.31. The molecule has 0 saturated carbocycles. The lowest BCUT2D eigenvalue weighted by Crippen LogP contribution is -2.36. The van der Waals surface area contributed by atoms with Crippen LogP contribution in [0.3, 0.4) is 0 Å². The second-order valence-corrected chi connectivity index (χ2v) is 8.85. The highest BCUT2D eigenvalue weighted by Gasteiger charge is 2.18. The minimum Gasteiger partial charge on any atom is -0.497 e. The normalized spacial score (nSPS) is 10.8. The maximum atomic E-state index is 12.9. The number of rotatable bonds is 8. The molecule has 1 amide bonds. The summed E-state index contributed by atoms with van der Waals surface area (Å²) in [7, 11) is 1.65. The van der Waals surface area contributed by atoms with Gasteiger partial charge in [0, 0.05) is 12.2 Å². The van der Waals surface area contributed by atoms with Gasteiger partial charge in [-0.1, -0.05) is 41.7 Å². The number of hydrogen-bond donors (Lipinski definition) is 1. The molecule has 164 valence electrons. The number of carbonyl (C=O) groups is 1. The minimum absolute atomic E-state index is 0.0306. The molecule has 0 aliphatic heterocycles. The summed E-state index contributed by atoms with van der Waals surface area (Å²) in [6, 6.07) is 22.3. The molecule has 1 aromatic heterocycles. The molecule has 0 atom stereocenters. The number of carbonyl (C=O) groups excluding carboxylic acids is 1. The van der Waals surface area contributed by atoms with E-state index in [0.717, 1.165) is 49.9 Å². The molecule has 4 rings (SSSR count). The first-order valence-corrected chi connectivity index (χ1v) is 11.4. The smallest absolute Gasteiger partial charge is 0.240 e. The maximum absolute atomic E-state index is 12.9. The third kappa shape index (κ3) is 5.26. The van der Waals surface area contributed by atoms with Crippen molar-refractivity contribution in [3.8, 4) is 5.75 Å². The third-order valence-corrected chi connectivity index (χ3v) is 6.29. The van der Waals surface area contributed by atoms with Crippen LogP contribution >= 0.6 is 11.3 Å². The summed E-state index contributed by atoms with van der Waals surface area (Å²) in [4.78, 5) is 19.7. The van der Waals surface area contributed by atoms with E-state index in [4.69, 9.17) is 9.72 Å². The number of fused-ring (bicyclic) bond motifs is 1. The van der Waals surface area contributed by atoms with Gasteiger partial charge in [-0.05, 0) is 73.4 Å². The second kappa shape index (κ2) is 9.83. The van der Waals surface area contributed by atoms with Crippen LogP contribution in [0.4, 0.5) is 10.8 Å². The number of thiazole rings is 1. The van der Waals surface area contributed by atoms with Crippen molar-refractivity contribution in [2.75, 3.05) is 25.1 Å². The predicted molar refractivity (Wildman–Crippen MR) is 132 cm³/mol. The van der Waals surface area contributed by atoms with Gasteiger partial charge in [0.2, 0.25) is 5.91 Å². The molecule has 0 aliphatic rings. The van der Waals surface area contributed by atoms with Gasteiger partial charge in [-0.25, -0.2) is 4.98 Å². The van der Waals surface area contributed by atoms with Crippen molar-refractivity contribution >= 4 is 38.3 Å². The fourth-order valence-electron chi connectivity index (χ4n) is 3.69. The van der Waals surface area contributed by atoms with Crippen LogP contribution in [-0.4, -0.2) is 31.1 Å². The average Bonchev–Trinajstić information content (AvgIpc) is 3.21. The van der Waals surface area contributed by atoms with E-state index in [0.29, 0.717) is 6.54 Å². The van der Waals surface area contributed by atoms with Crippen LogP contribution < -0.4 is 15.0 Å². The standard InChI is InChI=1S/C26H27N3O2S/c1-18-14-19(2)16-21(15-18)29(26-28-23-6-4-5-7-24(23)32-26)17-25(30)27-13-12-20-8-10-22(31-3)11-9-20/h4-11,14-16H,12-13,17H2,1-3H3,(H,27,30). The maximum Gasteiger partial charge on any atom is 0.240 e. The number of aromatic nitrogens is 1. The number of ether oxygens (including phenoxy) is 1. The van der Waals surface area contributed by atoms with Crippen LogP contribution in [0.5, 0.6) is 5.75 Å². The molecule has 0 unspecified atom stereocenters. The third-order valence-electron chi connectivity index (χ3n) is 5.23. The van der Waals surface area contributed by atoms with E-state index in [1.807, 2.05) is 47.4 Å². The van der Waals surface area contributed by atoms with Gasteiger partial charge in [-0.2, -0.15) is 0 Å². The molecule has 5 nitrogen and oxygen atoms in total. The Labute approximate surface area is 192 Å². The van der Waals surface area contributed by atoms with Gasteiger partial charge in [0.05, 0.1) is 17.3 Å². The summed E-state index contributed by atoms with van der Waals surface area (Å²) >= 11 is 1.60. The number of anilines is 2. The van der Waals surface area contributed by atoms with Gasteiger partial charge in [0.1, 0.15) is 12.3 Å². The molecule has 3 aromatic carbocycles. The zero-order chi connectivity index (χ0) is 22.5. The Morgan fingerprint density at radius 2 is 1.75 bits per heavy atom. The Kier molecular flexibility index (Phi) is 6.71. The van der Waals surface area contributed by atoms with E-state index in [1.165, 1.54) is 0 Å². The summed E-state index contributed by atoms with van der Waals surface area (Å²) in [5.74, 6) is 0.801. The number of methoxy groups -OCH3 is 1. The first-order chi connectivity index (χ1) is 15.5. The number of nitrogens with one attached hydrogen (secondary N) is 1. The number of benzene rings is 3. The quantitative estimate of drug-likeness (QED) is 0.394. The van der Waals surface area contributed by atoms with Crippen molar-refractivity contribution in [2.45, 2.75) is 20.3 Å². The molecule has 32 heavy (non-hydrogen) atoms. The van der Waals surface area contributed by atoms with Crippen molar-refractivity contribution in [1.82, 2.24) is 10.3 Å². The van der Waals surface area contributed by atoms with Gasteiger partial charge in [0.15, 0.2) is 5.13 Å². The van der Waals surface area contributed by atoms with Gasteiger partial charge < -0.3 is 15.0 Å². The van der Waals surface area contributed by atoms with Crippen LogP contribution in [0, 0.1) is 13.8 Å². The molecule has 4 aromatic rings. The van der Waals surface area contributed by atoms with E-state index in [1.54, 1.807) is 18.4 Å². The Morgan fingerprint density at radius 3 is 2.44 bits per heavy atom. The summed E-state index contributed by atoms with van der Waals surface area (Å²) in [6.07, 6.45) is 0.764. The highest BCUT2D eigenvalue weighted by Crippen LogP contribution is 2.34. The molecular formula is C26H27N3O2S. The lowest BCUT2D eigenvalue weighted by atomic mass is 10.1. The fourth-order valence-corrected chi connectivity index (χ4v) is 4.68. The van der Waals surface area contributed by atoms with E-state index in [9.17, 15) is 4.79 Å². The Hall–Kier alpha value is -3.38. The highest BCUT2D eigenvalue weighted by atomic mass is 32.1. The number of hydrogen-bond acceptors (Lipinski definition) is 5. The van der Waals surface area contributed by atoms with Crippen LogP contribution in [0.1, 0.15) is 16.7 Å². The molecule has 0 radical (unpaired) electrons. The Morgan fingerprint density at radius 1 is 1.03 bits per heavy atom. The van der Waals surface area contributed by atoms with Crippen molar-refractivity contribution < 1.29 is 9.53 Å². The number of aryl methyl sites for hydroxylation is 2. The van der Waals surface area contributed by atoms with Crippen LogP contribution in [0.15, 0.2) is 66.7 Å². The van der Waals surface area contributed by atoms with Crippen molar-refractivity contribution in [3.63, 3.8) is 0 Å². The van der Waals surface area contributed by atoms with E-state index >= 15 is 0 Å². The molecule has 1 heterocycles. The first kappa shape index (κ1) is 21.8. The van der Waals surface area contributed by atoms with Gasteiger partial charge in [-0.15, -0.1) is 0 Å². The second-order valence-electron chi connectivity index (χ2n) is 7.84. The zero-order valence-corrected chi connectivity index (χ0v) is 19.4. The van der Waals surface area contributed by atoms with Crippen molar-refractivity contribution in [1.29, 1.82) is 0 Å². The van der Waals surface area contributed by atoms with Crippen LogP contribution in [-0.2, 0) is 11.2 Å². The molecule has 0 spiro atoms. The first-order valence-electron chi connectivity index (χ1n) is 10.6. The SMILES string of the molecule is COc1ccc(CCNC(=O)CN(c2cc(C)cc(C)c2)c2nc3ccccc3s2)cc1. The molecule has 6 heteroatoms. The van der Waals surface area contributed by atoms with Gasteiger partial charge >= 0.3 is 0 Å². The highest BCUT2D eigenvalue weighted by molar-refractivity contribution is 7.22. The van der Waals surface area contributed by atoms with Crippen LogP contribution in [0.25, 0.3) is 10.2 Å². The minimum atomic E-state index is -0.0306. The largest absolute Gasteiger partial charge is 0.497 e. The summed E-state index contributed by atoms with van der Waals surface area (Å²) in [5, 5.41) is 3.88. The molecule has 1 N–H and O–H groups in total. The Bertz CT molecular complexity index is 1160. The van der Waals surface area contributed by atoms with Gasteiger partial charge in [-0.3, -0.25) is 4.79 Å². The number of nitrogens with zero attached hydrogens (tertiary/aromatic N) is 2. The Balaban J connectivity index is 1.49. The molecular weight excluding hydrogens is 418 g/mol. The lowest BCUT2D eigenvalue weighted by Gasteiger charge is -2.22. The molecule has 0 aliphatic carbocycles. The van der Waals surface area contributed by atoms with E-state index in [2.05, 4.69) is 43.4 Å². The number of amides is 1. The van der Waals surface area contributed by atoms with Crippen molar-refractivity contribution in [3.05, 3.63) is 83.4 Å². The zero-order valence-electron chi connectivity index (χ0n) is 18.6. The summed E-state index contributed by atoms with van der Waals surface area (Å²) in [6.45, 7) is 4.93. The molecule has 0 bridgehead atoms. The van der Waals surface area contributed by atoms with Crippen LogP contribution in [0.2, 0.25) is 0 Å². The predicted octanol–water partition coefficient (Wildman–Crippen LogP) is 5.42.